The number of aryl methyl sites for hydroxylation is 1. The number of hydrogen-bond donors (Lipinski definition) is 2. The third kappa shape index (κ3) is 3.55. The summed E-state index contributed by atoms with van der Waals surface area (Å²) in [6, 6.07) is 8.90. The Morgan fingerprint density at radius 1 is 1.03 bits per heavy atom. The van der Waals surface area contributed by atoms with Gasteiger partial charge in [0, 0.05) is 0 Å². The first kappa shape index (κ1) is 21.6. The van der Waals surface area contributed by atoms with Crippen molar-refractivity contribution < 1.29 is 23.4 Å². The Kier molecular flexibility index (Phi) is 5.16. The molecule has 0 spiro atoms. The second-order valence-electron chi connectivity index (χ2n) is 10.1. The van der Waals surface area contributed by atoms with Crippen LogP contribution in [0.25, 0.3) is 12.2 Å². The van der Waals surface area contributed by atoms with E-state index in [4.69, 9.17) is 0 Å². The number of fused-ring (bicyclic) bond motifs is 5. The van der Waals surface area contributed by atoms with E-state index in [1.54, 1.807) is 18.2 Å². The minimum absolute atomic E-state index is 0.0103. The van der Waals surface area contributed by atoms with Gasteiger partial charge >= 0.3 is 6.18 Å². The summed E-state index contributed by atoms with van der Waals surface area (Å²) in [5.74, 6) is 1.56. The topological polar surface area (TPSA) is 40.5 Å². The van der Waals surface area contributed by atoms with Crippen molar-refractivity contribution in [3.8, 4) is 5.75 Å². The Morgan fingerprint density at radius 2 is 1.84 bits per heavy atom. The van der Waals surface area contributed by atoms with E-state index in [0.717, 1.165) is 61.8 Å². The van der Waals surface area contributed by atoms with E-state index in [1.807, 2.05) is 12.1 Å². The van der Waals surface area contributed by atoms with Crippen molar-refractivity contribution in [2.24, 2.45) is 17.3 Å². The third-order valence-corrected chi connectivity index (χ3v) is 8.46. The van der Waals surface area contributed by atoms with Gasteiger partial charge in [-0.3, -0.25) is 0 Å². The summed E-state index contributed by atoms with van der Waals surface area (Å²) in [4.78, 5) is 0. The second kappa shape index (κ2) is 7.65. The number of hydrogen-bond acceptors (Lipinski definition) is 2. The maximum atomic E-state index is 13.1. The van der Waals surface area contributed by atoms with Crippen molar-refractivity contribution in [3.05, 3.63) is 64.2 Å². The van der Waals surface area contributed by atoms with E-state index in [0.29, 0.717) is 23.3 Å². The van der Waals surface area contributed by atoms with E-state index in [-0.39, 0.29) is 17.3 Å². The van der Waals surface area contributed by atoms with Crippen LogP contribution in [0.15, 0.2) is 36.4 Å². The van der Waals surface area contributed by atoms with E-state index >= 15 is 0 Å². The SMILES string of the molecule is C[C@]12CC[C@@H]3c4c(/C=C/c5cccc(C(F)(F)F)c5)cc(O)cc4CC[C@H]3[C@@H]1CC[C@@H]2O. The summed E-state index contributed by atoms with van der Waals surface area (Å²) in [5.41, 5.74) is 3.10. The maximum absolute atomic E-state index is 13.1. The Hall–Kier alpha value is -2.27. The van der Waals surface area contributed by atoms with Gasteiger partial charge in [0.05, 0.1) is 11.7 Å². The van der Waals surface area contributed by atoms with Crippen LogP contribution in [0.1, 0.15) is 72.8 Å². The quantitative estimate of drug-likeness (QED) is 0.502. The molecule has 0 unspecified atom stereocenters. The zero-order valence-electron chi connectivity index (χ0n) is 18.2. The first-order chi connectivity index (χ1) is 15.2. The molecular formula is C27H29F3O2. The Bertz CT molecular complexity index is 1060. The van der Waals surface area contributed by atoms with Gasteiger partial charge < -0.3 is 10.2 Å². The molecule has 0 heterocycles. The monoisotopic (exact) mass is 442 g/mol. The van der Waals surface area contributed by atoms with Gasteiger partial charge in [0.1, 0.15) is 5.75 Å². The largest absolute Gasteiger partial charge is 0.508 e. The zero-order chi connectivity index (χ0) is 22.7. The summed E-state index contributed by atoms with van der Waals surface area (Å²) in [5, 5.41) is 20.9. The van der Waals surface area contributed by atoms with Gasteiger partial charge in [0.25, 0.3) is 0 Å². The molecule has 0 amide bonds. The number of halogens is 3. The first-order valence-corrected chi connectivity index (χ1v) is 11.6. The van der Waals surface area contributed by atoms with Gasteiger partial charge in [-0.15, -0.1) is 0 Å². The molecule has 32 heavy (non-hydrogen) atoms. The highest BCUT2D eigenvalue weighted by Crippen LogP contribution is 2.61. The van der Waals surface area contributed by atoms with Crippen LogP contribution in [0.5, 0.6) is 5.75 Å². The van der Waals surface area contributed by atoms with Gasteiger partial charge in [-0.25, -0.2) is 0 Å². The van der Waals surface area contributed by atoms with Crippen LogP contribution in [-0.4, -0.2) is 16.3 Å². The molecule has 0 radical (unpaired) electrons. The van der Waals surface area contributed by atoms with Crippen molar-refractivity contribution in [1.82, 2.24) is 0 Å². The third-order valence-electron chi connectivity index (χ3n) is 8.46. The molecule has 0 bridgehead atoms. The summed E-state index contributed by atoms with van der Waals surface area (Å²) < 4.78 is 39.3. The Morgan fingerprint density at radius 3 is 2.62 bits per heavy atom. The summed E-state index contributed by atoms with van der Waals surface area (Å²) in [6.45, 7) is 2.24. The highest BCUT2D eigenvalue weighted by Gasteiger charge is 2.54. The highest BCUT2D eigenvalue weighted by atomic mass is 19.4. The number of alkyl halides is 3. The van der Waals surface area contributed by atoms with Gasteiger partial charge in [0.15, 0.2) is 0 Å². The van der Waals surface area contributed by atoms with Crippen molar-refractivity contribution >= 4 is 12.2 Å². The predicted octanol–water partition coefficient (Wildman–Crippen LogP) is 6.80. The van der Waals surface area contributed by atoms with Crippen LogP contribution in [0, 0.1) is 17.3 Å². The number of aliphatic hydroxyl groups excluding tert-OH is 1. The standard InChI is InChI=1S/C27H29F3O2/c1-26-12-11-22-21(23(26)9-10-24(26)32)8-7-18-15-20(31)14-17(25(18)22)6-5-16-3-2-4-19(13-16)27(28,29)30/h2-6,13-15,21-24,31-32H,7-12H2,1H3/b6-5+/t21-,22+,23+,24+,26+/m1/s1. The van der Waals surface area contributed by atoms with Gasteiger partial charge in [-0.05, 0) is 108 Å². The fraction of sp³-hybridized carbons (Fsp3) is 0.481. The Balaban J connectivity index is 1.51. The van der Waals surface area contributed by atoms with Gasteiger partial charge in [-0.1, -0.05) is 31.2 Å². The fourth-order valence-electron chi connectivity index (χ4n) is 6.87. The number of phenolic OH excluding ortho intramolecular Hbond substituents is 1. The molecule has 2 aromatic carbocycles. The zero-order valence-corrected chi connectivity index (χ0v) is 18.2. The summed E-state index contributed by atoms with van der Waals surface area (Å²) in [7, 11) is 0. The van der Waals surface area contributed by atoms with E-state index in [2.05, 4.69) is 6.92 Å². The summed E-state index contributed by atoms with van der Waals surface area (Å²) in [6.07, 6.45) is 4.82. The predicted molar refractivity (Wildman–Crippen MR) is 119 cm³/mol. The van der Waals surface area contributed by atoms with Crippen molar-refractivity contribution in [3.63, 3.8) is 0 Å². The number of aliphatic hydroxyl groups is 1. The van der Waals surface area contributed by atoms with Crippen LogP contribution < -0.4 is 0 Å². The van der Waals surface area contributed by atoms with Crippen LogP contribution in [-0.2, 0) is 12.6 Å². The molecule has 2 fully saturated rings. The Labute approximate surface area is 186 Å². The molecule has 3 aliphatic carbocycles. The number of aromatic hydroxyl groups is 1. The molecule has 0 saturated heterocycles. The smallest absolute Gasteiger partial charge is 0.416 e. The summed E-state index contributed by atoms with van der Waals surface area (Å²) >= 11 is 0. The van der Waals surface area contributed by atoms with Crippen molar-refractivity contribution in [2.45, 2.75) is 63.6 Å². The van der Waals surface area contributed by atoms with Crippen LogP contribution in [0.3, 0.4) is 0 Å². The number of phenols is 1. The number of benzene rings is 2. The second-order valence-corrected chi connectivity index (χ2v) is 10.1. The lowest BCUT2D eigenvalue weighted by atomic mass is 9.55. The minimum atomic E-state index is -4.37. The fourth-order valence-corrected chi connectivity index (χ4v) is 6.87. The molecule has 5 heteroatoms. The molecule has 5 rings (SSSR count). The van der Waals surface area contributed by atoms with E-state index in [1.165, 1.54) is 11.6 Å². The molecule has 0 aromatic heterocycles. The molecular weight excluding hydrogens is 413 g/mol. The lowest BCUT2D eigenvalue weighted by Gasteiger charge is -2.50. The highest BCUT2D eigenvalue weighted by molar-refractivity contribution is 5.73. The molecule has 170 valence electrons. The molecule has 2 nitrogen and oxygen atoms in total. The molecule has 5 atom stereocenters. The van der Waals surface area contributed by atoms with Crippen LogP contribution in [0.2, 0.25) is 0 Å². The van der Waals surface area contributed by atoms with Crippen LogP contribution in [0.4, 0.5) is 13.2 Å². The average molecular weight is 443 g/mol. The lowest BCUT2D eigenvalue weighted by Crippen LogP contribution is -2.44. The molecule has 2 saturated carbocycles. The molecule has 2 N–H and O–H groups in total. The maximum Gasteiger partial charge on any atom is 0.416 e. The van der Waals surface area contributed by atoms with Crippen molar-refractivity contribution in [2.75, 3.05) is 0 Å². The molecule has 2 aromatic rings. The van der Waals surface area contributed by atoms with Crippen molar-refractivity contribution in [1.29, 1.82) is 0 Å². The minimum Gasteiger partial charge on any atom is -0.508 e. The van der Waals surface area contributed by atoms with E-state index < -0.39 is 11.7 Å². The molecule has 3 aliphatic rings. The average Bonchev–Trinajstić information content (AvgIpc) is 3.06. The van der Waals surface area contributed by atoms with Crippen LogP contribution >= 0.6 is 0 Å². The lowest BCUT2D eigenvalue weighted by molar-refractivity contribution is -0.137. The first-order valence-electron chi connectivity index (χ1n) is 11.6. The number of rotatable bonds is 2. The van der Waals surface area contributed by atoms with Gasteiger partial charge in [0.2, 0.25) is 0 Å². The normalized spacial score (nSPS) is 31.9. The van der Waals surface area contributed by atoms with E-state index in [9.17, 15) is 23.4 Å². The van der Waals surface area contributed by atoms with Gasteiger partial charge in [-0.2, -0.15) is 13.2 Å². The molecule has 0 aliphatic heterocycles.